The minimum atomic E-state index is -0.996. The van der Waals surface area contributed by atoms with E-state index in [2.05, 4.69) is 15.4 Å². The van der Waals surface area contributed by atoms with E-state index in [4.69, 9.17) is 4.74 Å². The van der Waals surface area contributed by atoms with Gasteiger partial charge in [-0.05, 0) is 44.7 Å². The molecular weight excluding hydrogens is 474 g/mol. The molecule has 1 fully saturated rings. The number of carbonyl (C=O) groups excluding carboxylic acids is 4. The predicted molar refractivity (Wildman–Crippen MR) is 137 cm³/mol. The lowest BCUT2D eigenvalue weighted by atomic mass is 10.00. The van der Waals surface area contributed by atoms with Crippen molar-refractivity contribution in [2.75, 3.05) is 13.7 Å². The van der Waals surface area contributed by atoms with Crippen LogP contribution in [0, 0.1) is 0 Å². The first-order chi connectivity index (χ1) is 17.6. The van der Waals surface area contributed by atoms with Crippen molar-refractivity contribution in [1.82, 2.24) is 15.5 Å². The fraction of sp³-hybridized carbons (Fsp3) is 0.429. The van der Waals surface area contributed by atoms with Crippen LogP contribution in [0.5, 0.6) is 0 Å². The van der Waals surface area contributed by atoms with E-state index in [9.17, 15) is 19.2 Å². The number of nitrogens with one attached hydrogen (secondary N) is 2. The smallest absolute Gasteiger partial charge is 0.408 e. The van der Waals surface area contributed by atoms with Crippen molar-refractivity contribution >= 4 is 23.9 Å². The summed E-state index contributed by atoms with van der Waals surface area (Å²) in [6, 6.07) is 16.1. The Hall–Kier alpha value is -3.88. The lowest BCUT2D eigenvalue weighted by Crippen LogP contribution is -2.54. The summed E-state index contributed by atoms with van der Waals surface area (Å²) < 4.78 is 10.1. The molecule has 2 aromatic carbocycles. The van der Waals surface area contributed by atoms with E-state index < -0.39 is 41.6 Å². The summed E-state index contributed by atoms with van der Waals surface area (Å²) in [5, 5.41) is 5.32. The van der Waals surface area contributed by atoms with Crippen LogP contribution < -0.4 is 10.6 Å². The zero-order valence-corrected chi connectivity index (χ0v) is 21.7. The molecule has 0 aromatic heterocycles. The molecule has 2 N–H and O–H groups in total. The van der Waals surface area contributed by atoms with Crippen molar-refractivity contribution in [3.63, 3.8) is 0 Å². The predicted octanol–water partition coefficient (Wildman–Crippen LogP) is 3.14. The van der Waals surface area contributed by atoms with Crippen LogP contribution in [0.3, 0.4) is 0 Å². The van der Waals surface area contributed by atoms with Crippen molar-refractivity contribution in [3.05, 3.63) is 71.8 Å². The Morgan fingerprint density at radius 3 is 2.11 bits per heavy atom. The largest absolute Gasteiger partial charge is 0.468 e. The second-order valence-electron chi connectivity index (χ2n) is 9.97. The highest BCUT2D eigenvalue weighted by molar-refractivity contribution is 5.93. The summed E-state index contributed by atoms with van der Waals surface area (Å²) in [7, 11) is 1.24. The molecule has 9 nitrogen and oxygen atoms in total. The van der Waals surface area contributed by atoms with E-state index in [1.54, 1.807) is 45.0 Å². The van der Waals surface area contributed by atoms with Gasteiger partial charge in [0.05, 0.1) is 7.11 Å². The van der Waals surface area contributed by atoms with Crippen molar-refractivity contribution in [2.24, 2.45) is 0 Å². The van der Waals surface area contributed by atoms with Gasteiger partial charge in [-0.2, -0.15) is 0 Å². The van der Waals surface area contributed by atoms with Gasteiger partial charge < -0.3 is 25.0 Å². The third-order valence-electron chi connectivity index (χ3n) is 5.74. The number of alkyl carbamates (subject to hydrolysis) is 1. The molecule has 2 aromatic rings. The number of esters is 1. The van der Waals surface area contributed by atoms with Gasteiger partial charge in [0.25, 0.3) is 0 Å². The van der Waals surface area contributed by atoms with E-state index in [0.29, 0.717) is 5.56 Å². The van der Waals surface area contributed by atoms with E-state index in [0.717, 1.165) is 18.4 Å². The Kier molecular flexibility index (Phi) is 9.27. The van der Waals surface area contributed by atoms with Crippen LogP contribution in [0.4, 0.5) is 4.79 Å². The van der Waals surface area contributed by atoms with Gasteiger partial charge in [-0.3, -0.25) is 14.4 Å². The molecule has 0 aliphatic heterocycles. The molecule has 2 unspecified atom stereocenters. The first-order valence-electron chi connectivity index (χ1n) is 12.3. The minimum Gasteiger partial charge on any atom is -0.468 e. The molecule has 0 radical (unpaired) electrons. The van der Waals surface area contributed by atoms with Gasteiger partial charge in [-0.15, -0.1) is 0 Å². The summed E-state index contributed by atoms with van der Waals surface area (Å²) in [5.41, 5.74) is 0.695. The SMILES string of the molecule is COC(=O)CNC(=O)C(c1ccccc1)N(C(=O)C(Cc1ccccc1)NC(=O)OC(C)(C)C)C1CC1. The minimum absolute atomic E-state index is 0.180. The number of methoxy groups -OCH3 is 1. The molecular formula is C28H35N3O6. The molecule has 0 saturated heterocycles. The second-order valence-corrected chi connectivity index (χ2v) is 9.97. The Morgan fingerprint density at radius 1 is 0.973 bits per heavy atom. The highest BCUT2D eigenvalue weighted by atomic mass is 16.6. The maximum absolute atomic E-state index is 14.1. The molecule has 37 heavy (non-hydrogen) atoms. The molecule has 9 heteroatoms. The highest BCUT2D eigenvalue weighted by Crippen LogP contribution is 2.35. The normalized spacial score (nSPS) is 14.6. The third-order valence-corrected chi connectivity index (χ3v) is 5.74. The first-order valence-corrected chi connectivity index (χ1v) is 12.3. The van der Waals surface area contributed by atoms with E-state index in [1.807, 2.05) is 36.4 Å². The monoisotopic (exact) mass is 509 g/mol. The second kappa shape index (κ2) is 12.4. The van der Waals surface area contributed by atoms with Gasteiger partial charge in [0, 0.05) is 12.5 Å². The first kappa shape index (κ1) is 27.7. The van der Waals surface area contributed by atoms with Gasteiger partial charge in [-0.25, -0.2) is 4.79 Å². The molecule has 0 heterocycles. The Labute approximate surface area is 217 Å². The number of carbonyl (C=O) groups is 4. The van der Waals surface area contributed by atoms with Crippen LogP contribution >= 0.6 is 0 Å². The summed E-state index contributed by atoms with van der Waals surface area (Å²) in [4.78, 5) is 53.5. The maximum atomic E-state index is 14.1. The van der Waals surface area contributed by atoms with E-state index in [1.165, 1.54) is 12.0 Å². The van der Waals surface area contributed by atoms with Crippen molar-refractivity contribution < 1.29 is 28.7 Å². The topological polar surface area (TPSA) is 114 Å². The summed E-state index contributed by atoms with van der Waals surface area (Å²) in [6.45, 7) is 4.91. The molecule has 1 saturated carbocycles. The fourth-order valence-corrected chi connectivity index (χ4v) is 3.95. The number of hydrogen-bond acceptors (Lipinski definition) is 6. The molecule has 3 rings (SSSR count). The van der Waals surface area contributed by atoms with Crippen LogP contribution in [0.1, 0.15) is 50.8 Å². The number of amides is 3. The van der Waals surface area contributed by atoms with Gasteiger partial charge >= 0.3 is 12.1 Å². The van der Waals surface area contributed by atoms with Gasteiger partial charge in [0.1, 0.15) is 24.2 Å². The average molecular weight is 510 g/mol. The standard InChI is InChI=1S/C28H35N3O6/c1-28(2,3)37-27(35)30-22(17-19-11-7-5-8-12-19)26(34)31(21-15-16-21)24(20-13-9-6-10-14-20)25(33)29-18-23(32)36-4/h5-14,21-22,24H,15-18H2,1-4H3,(H,29,33)(H,30,35). The maximum Gasteiger partial charge on any atom is 0.408 e. The molecule has 1 aliphatic rings. The van der Waals surface area contributed by atoms with Crippen molar-refractivity contribution in [3.8, 4) is 0 Å². The lowest BCUT2D eigenvalue weighted by Gasteiger charge is -2.34. The highest BCUT2D eigenvalue weighted by Gasteiger charge is 2.44. The van der Waals surface area contributed by atoms with Crippen LogP contribution in [0.25, 0.3) is 0 Å². The van der Waals surface area contributed by atoms with Crippen LogP contribution in [0.15, 0.2) is 60.7 Å². The van der Waals surface area contributed by atoms with Gasteiger partial charge in [0.15, 0.2) is 0 Å². The fourth-order valence-electron chi connectivity index (χ4n) is 3.95. The van der Waals surface area contributed by atoms with E-state index in [-0.39, 0.29) is 19.0 Å². The molecule has 3 amide bonds. The zero-order valence-electron chi connectivity index (χ0n) is 21.7. The van der Waals surface area contributed by atoms with Crippen molar-refractivity contribution in [1.29, 1.82) is 0 Å². The van der Waals surface area contributed by atoms with Crippen molar-refractivity contribution in [2.45, 2.75) is 63.8 Å². The van der Waals surface area contributed by atoms with Crippen LogP contribution in [0.2, 0.25) is 0 Å². The molecule has 1 aliphatic carbocycles. The van der Waals surface area contributed by atoms with E-state index >= 15 is 0 Å². The average Bonchev–Trinajstić information content (AvgIpc) is 3.70. The molecule has 0 bridgehead atoms. The molecule has 2 atom stereocenters. The quantitative estimate of drug-likeness (QED) is 0.476. The lowest BCUT2D eigenvalue weighted by molar-refractivity contribution is -0.145. The summed E-state index contributed by atoms with van der Waals surface area (Å²) in [6.07, 6.45) is 0.949. The number of benzene rings is 2. The summed E-state index contributed by atoms with van der Waals surface area (Å²) >= 11 is 0. The third kappa shape index (κ3) is 8.34. The van der Waals surface area contributed by atoms with Gasteiger partial charge in [0.2, 0.25) is 11.8 Å². The zero-order chi connectivity index (χ0) is 27.0. The Bertz CT molecular complexity index is 1080. The molecule has 198 valence electrons. The van der Waals surface area contributed by atoms with Crippen LogP contribution in [-0.2, 0) is 30.3 Å². The van der Waals surface area contributed by atoms with Crippen LogP contribution in [-0.4, -0.2) is 60.1 Å². The number of nitrogens with zero attached hydrogens (tertiary/aromatic N) is 1. The summed E-state index contributed by atoms with van der Waals surface area (Å²) in [5.74, 6) is -1.51. The number of rotatable bonds is 10. The van der Waals surface area contributed by atoms with Gasteiger partial charge in [-0.1, -0.05) is 60.7 Å². The number of hydrogen-bond donors (Lipinski definition) is 2. The Balaban J connectivity index is 1.95. The Morgan fingerprint density at radius 2 is 1.57 bits per heavy atom. The number of ether oxygens (including phenoxy) is 2. The molecule has 0 spiro atoms.